The molecule has 4 nitrogen and oxygen atoms in total. The largest absolute Gasteiger partial charge is 0.379 e. The van der Waals surface area contributed by atoms with Crippen molar-refractivity contribution in [2.24, 2.45) is 0 Å². The normalized spacial score (nSPS) is 14.6. The maximum Gasteiger partial charge on any atom is 0.0835 e. The standard InChI is InChI=1S/C14H26ClN3O/c1-5-8-12(19-4)13(16-9-6-2)14-11(15)10-17-18(14)7-3/h10,12-13,16H,5-9H2,1-4H3. The molecule has 19 heavy (non-hydrogen) atoms. The van der Waals surface area contributed by atoms with Crippen LogP contribution in [0.1, 0.15) is 51.8 Å². The quantitative estimate of drug-likeness (QED) is 0.756. The SMILES string of the molecule is CCCNC(c1c(Cl)cnn1CC)C(CCC)OC. The van der Waals surface area contributed by atoms with E-state index in [1.807, 2.05) is 4.68 Å². The van der Waals surface area contributed by atoms with Crippen molar-refractivity contribution in [3.8, 4) is 0 Å². The van der Waals surface area contributed by atoms with E-state index in [9.17, 15) is 0 Å². The monoisotopic (exact) mass is 287 g/mol. The minimum Gasteiger partial charge on any atom is -0.379 e. The van der Waals surface area contributed by atoms with Crippen LogP contribution in [0.5, 0.6) is 0 Å². The lowest BCUT2D eigenvalue weighted by Crippen LogP contribution is -2.35. The van der Waals surface area contributed by atoms with Crippen LogP contribution in [0.25, 0.3) is 0 Å². The Morgan fingerprint density at radius 3 is 2.63 bits per heavy atom. The van der Waals surface area contributed by atoms with Gasteiger partial charge in [0.25, 0.3) is 0 Å². The number of nitrogens with one attached hydrogen (secondary N) is 1. The second-order valence-electron chi connectivity index (χ2n) is 4.69. The summed E-state index contributed by atoms with van der Waals surface area (Å²) < 4.78 is 7.62. The maximum atomic E-state index is 6.32. The number of aryl methyl sites for hydroxylation is 1. The van der Waals surface area contributed by atoms with Crippen LogP contribution >= 0.6 is 11.6 Å². The molecular formula is C14H26ClN3O. The van der Waals surface area contributed by atoms with Crippen LogP contribution in [0.2, 0.25) is 5.02 Å². The van der Waals surface area contributed by atoms with Crippen molar-refractivity contribution in [3.63, 3.8) is 0 Å². The van der Waals surface area contributed by atoms with Gasteiger partial charge in [-0.25, -0.2) is 0 Å². The van der Waals surface area contributed by atoms with Gasteiger partial charge in [-0.2, -0.15) is 5.10 Å². The molecule has 110 valence electrons. The van der Waals surface area contributed by atoms with Crippen molar-refractivity contribution in [2.75, 3.05) is 13.7 Å². The highest BCUT2D eigenvalue weighted by Gasteiger charge is 2.27. The van der Waals surface area contributed by atoms with Crippen LogP contribution in [0.15, 0.2) is 6.20 Å². The fourth-order valence-electron chi connectivity index (χ4n) is 2.34. The zero-order valence-corrected chi connectivity index (χ0v) is 13.2. The van der Waals surface area contributed by atoms with E-state index in [0.29, 0.717) is 5.02 Å². The number of rotatable bonds is 9. The topological polar surface area (TPSA) is 39.1 Å². The van der Waals surface area contributed by atoms with Crippen molar-refractivity contribution in [3.05, 3.63) is 16.9 Å². The van der Waals surface area contributed by atoms with E-state index in [-0.39, 0.29) is 12.1 Å². The van der Waals surface area contributed by atoms with Crippen molar-refractivity contribution < 1.29 is 4.74 Å². The Kier molecular flexibility index (Phi) is 7.42. The molecule has 1 rings (SSSR count). The highest BCUT2D eigenvalue weighted by molar-refractivity contribution is 6.31. The van der Waals surface area contributed by atoms with Gasteiger partial charge in [-0.3, -0.25) is 4.68 Å². The van der Waals surface area contributed by atoms with Crippen molar-refractivity contribution >= 4 is 11.6 Å². The molecule has 0 radical (unpaired) electrons. The van der Waals surface area contributed by atoms with Crippen molar-refractivity contribution in [2.45, 2.75) is 58.7 Å². The summed E-state index contributed by atoms with van der Waals surface area (Å²) >= 11 is 6.32. The number of methoxy groups -OCH3 is 1. The van der Waals surface area contributed by atoms with Gasteiger partial charge in [0.15, 0.2) is 0 Å². The second kappa shape index (κ2) is 8.56. The predicted molar refractivity (Wildman–Crippen MR) is 79.7 cm³/mol. The summed E-state index contributed by atoms with van der Waals surface area (Å²) in [5.41, 5.74) is 1.04. The highest BCUT2D eigenvalue weighted by Crippen LogP contribution is 2.28. The summed E-state index contributed by atoms with van der Waals surface area (Å²) in [6.45, 7) is 8.16. The first-order chi connectivity index (χ1) is 9.19. The average molecular weight is 288 g/mol. The third-order valence-corrected chi connectivity index (χ3v) is 3.58. The molecular weight excluding hydrogens is 262 g/mol. The molecule has 0 aliphatic rings. The van der Waals surface area contributed by atoms with E-state index in [1.54, 1.807) is 13.3 Å². The summed E-state index contributed by atoms with van der Waals surface area (Å²) in [6, 6.07) is 0.0971. The molecule has 1 heterocycles. The lowest BCUT2D eigenvalue weighted by Gasteiger charge is -2.28. The van der Waals surface area contributed by atoms with E-state index >= 15 is 0 Å². The smallest absolute Gasteiger partial charge is 0.0835 e. The number of aromatic nitrogens is 2. The van der Waals surface area contributed by atoms with Gasteiger partial charge in [0.1, 0.15) is 0 Å². The third kappa shape index (κ3) is 4.20. The summed E-state index contributed by atoms with van der Waals surface area (Å²) in [5, 5.41) is 8.60. The zero-order chi connectivity index (χ0) is 14.3. The molecule has 2 atom stereocenters. The van der Waals surface area contributed by atoms with Crippen LogP contribution < -0.4 is 5.32 Å². The second-order valence-corrected chi connectivity index (χ2v) is 5.10. The molecule has 2 unspecified atom stereocenters. The molecule has 0 saturated heterocycles. The Bertz CT molecular complexity index is 368. The Hall–Kier alpha value is -0.580. The van der Waals surface area contributed by atoms with Crippen LogP contribution in [0.4, 0.5) is 0 Å². The molecule has 0 aliphatic carbocycles. The Labute approximate surface area is 121 Å². The van der Waals surface area contributed by atoms with Crippen LogP contribution in [0, 0.1) is 0 Å². The summed E-state index contributed by atoms with van der Waals surface area (Å²) in [6.07, 6.45) is 5.01. The molecule has 0 saturated carbocycles. The zero-order valence-electron chi connectivity index (χ0n) is 12.4. The van der Waals surface area contributed by atoms with Crippen molar-refractivity contribution in [1.82, 2.24) is 15.1 Å². The van der Waals surface area contributed by atoms with Gasteiger partial charge in [0, 0.05) is 13.7 Å². The van der Waals surface area contributed by atoms with E-state index in [2.05, 4.69) is 31.2 Å². The molecule has 0 aliphatic heterocycles. The molecule has 5 heteroatoms. The third-order valence-electron chi connectivity index (χ3n) is 3.29. The van der Waals surface area contributed by atoms with Gasteiger partial charge < -0.3 is 10.1 Å². The van der Waals surface area contributed by atoms with Crippen LogP contribution in [-0.4, -0.2) is 29.5 Å². The number of nitrogens with zero attached hydrogens (tertiary/aromatic N) is 2. The fraction of sp³-hybridized carbons (Fsp3) is 0.786. The number of hydrogen-bond acceptors (Lipinski definition) is 3. The molecule has 1 aromatic rings. The average Bonchev–Trinajstić information content (AvgIpc) is 2.79. The molecule has 0 fully saturated rings. The summed E-state index contributed by atoms with van der Waals surface area (Å²) in [7, 11) is 1.77. The lowest BCUT2D eigenvalue weighted by atomic mass is 10.0. The van der Waals surface area contributed by atoms with Gasteiger partial charge in [-0.05, 0) is 26.3 Å². The Morgan fingerprint density at radius 1 is 1.37 bits per heavy atom. The van der Waals surface area contributed by atoms with Gasteiger partial charge in [-0.15, -0.1) is 0 Å². The summed E-state index contributed by atoms with van der Waals surface area (Å²) in [5.74, 6) is 0. The van der Waals surface area contributed by atoms with Gasteiger partial charge in [0.2, 0.25) is 0 Å². The van der Waals surface area contributed by atoms with Crippen LogP contribution in [0.3, 0.4) is 0 Å². The van der Waals surface area contributed by atoms with E-state index in [0.717, 1.165) is 38.0 Å². The van der Waals surface area contributed by atoms with E-state index < -0.39 is 0 Å². The number of ether oxygens (including phenoxy) is 1. The minimum atomic E-state index is 0.0971. The van der Waals surface area contributed by atoms with E-state index in [1.165, 1.54) is 0 Å². The first-order valence-electron chi connectivity index (χ1n) is 7.16. The first-order valence-corrected chi connectivity index (χ1v) is 7.54. The maximum absolute atomic E-state index is 6.32. The number of halogens is 1. The molecule has 0 aromatic carbocycles. The van der Waals surface area contributed by atoms with Crippen molar-refractivity contribution in [1.29, 1.82) is 0 Å². The molecule has 1 aromatic heterocycles. The minimum absolute atomic E-state index is 0.0971. The molecule has 0 bridgehead atoms. The highest BCUT2D eigenvalue weighted by atomic mass is 35.5. The molecule has 0 amide bonds. The molecule has 0 spiro atoms. The lowest BCUT2D eigenvalue weighted by molar-refractivity contribution is 0.0578. The Morgan fingerprint density at radius 2 is 2.11 bits per heavy atom. The van der Waals surface area contributed by atoms with Gasteiger partial charge >= 0.3 is 0 Å². The van der Waals surface area contributed by atoms with Crippen LogP contribution in [-0.2, 0) is 11.3 Å². The van der Waals surface area contributed by atoms with Gasteiger partial charge in [0.05, 0.1) is 29.1 Å². The fourth-order valence-corrected chi connectivity index (χ4v) is 2.60. The predicted octanol–water partition coefficient (Wildman–Crippen LogP) is 3.41. The number of hydrogen-bond donors (Lipinski definition) is 1. The Balaban J connectivity index is 3.03. The molecule has 1 N–H and O–H groups in total. The first kappa shape index (κ1) is 16.5. The van der Waals surface area contributed by atoms with E-state index in [4.69, 9.17) is 16.3 Å². The summed E-state index contributed by atoms with van der Waals surface area (Å²) in [4.78, 5) is 0. The van der Waals surface area contributed by atoms with Gasteiger partial charge in [-0.1, -0.05) is 31.9 Å².